The fourth-order valence-electron chi connectivity index (χ4n) is 4.09. The van der Waals surface area contributed by atoms with Gasteiger partial charge in [0, 0.05) is 43.6 Å². The lowest BCUT2D eigenvalue weighted by Crippen LogP contribution is -2.44. The molecule has 4 N–H and O–H groups in total. The second kappa shape index (κ2) is 7.07. The summed E-state index contributed by atoms with van der Waals surface area (Å²) in [6, 6.07) is 12.8. The lowest BCUT2D eigenvalue weighted by Gasteiger charge is -2.34. The minimum absolute atomic E-state index is 0.0849. The van der Waals surface area contributed by atoms with Gasteiger partial charge in [-0.15, -0.1) is 0 Å². The fraction of sp³-hybridized carbons (Fsp3) is 0.273. The Hall–Kier alpha value is -3.52. The maximum atomic E-state index is 10.6. The number of phenolic OH excluding ortho intramolecular Hbond substituents is 1. The predicted molar refractivity (Wildman–Crippen MR) is 119 cm³/mol. The van der Waals surface area contributed by atoms with Crippen LogP contribution in [0.25, 0.3) is 16.6 Å². The van der Waals surface area contributed by atoms with Crippen LogP contribution in [0.15, 0.2) is 48.2 Å². The summed E-state index contributed by atoms with van der Waals surface area (Å²) in [6.07, 6.45) is 0. The van der Waals surface area contributed by atoms with Gasteiger partial charge in [0.05, 0.1) is 23.2 Å². The number of amidine groups is 1. The fourth-order valence-corrected chi connectivity index (χ4v) is 4.09. The van der Waals surface area contributed by atoms with Crippen LogP contribution in [0.5, 0.6) is 5.75 Å². The molecular weight excluding hydrogens is 380 g/mol. The molecule has 2 aromatic carbocycles. The Morgan fingerprint density at radius 3 is 2.57 bits per heavy atom. The van der Waals surface area contributed by atoms with E-state index in [9.17, 15) is 10.2 Å². The number of H-pyrrole nitrogens is 1. The molecule has 2 aliphatic rings. The number of hydrogen-bond donors (Lipinski definition) is 4. The van der Waals surface area contributed by atoms with E-state index in [1.807, 2.05) is 6.07 Å². The van der Waals surface area contributed by atoms with Gasteiger partial charge in [0.2, 0.25) is 0 Å². The molecule has 1 saturated heterocycles. The smallest absolute Gasteiger partial charge is 0.145 e. The third-order valence-electron chi connectivity index (χ3n) is 5.82. The molecule has 1 fully saturated rings. The number of imidazole rings is 1. The summed E-state index contributed by atoms with van der Waals surface area (Å²) in [5.74, 6) is 0.831. The number of aromatic nitrogens is 2. The van der Waals surface area contributed by atoms with Gasteiger partial charge >= 0.3 is 0 Å². The van der Waals surface area contributed by atoms with Crippen molar-refractivity contribution in [1.29, 1.82) is 5.41 Å². The van der Waals surface area contributed by atoms with E-state index in [-0.39, 0.29) is 23.9 Å². The molecule has 1 aromatic heterocycles. The number of aromatic hydroxyl groups is 1. The van der Waals surface area contributed by atoms with Gasteiger partial charge in [-0.3, -0.25) is 5.41 Å². The van der Waals surface area contributed by atoms with Gasteiger partial charge in [-0.2, -0.15) is 0 Å². The van der Waals surface area contributed by atoms with Gasteiger partial charge in [-0.25, -0.2) is 4.98 Å². The van der Waals surface area contributed by atoms with E-state index in [0.717, 1.165) is 42.9 Å². The van der Waals surface area contributed by atoms with E-state index in [1.165, 1.54) is 0 Å². The first-order valence-electron chi connectivity index (χ1n) is 10.0. The third-order valence-corrected chi connectivity index (χ3v) is 5.82. The van der Waals surface area contributed by atoms with Crippen molar-refractivity contribution >= 4 is 33.8 Å². The van der Waals surface area contributed by atoms with Crippen molar-refractivity contribution in [2.45, 2.75) is 0 Å². The first kappa shape index (κ1) is 18.5. The van der Waals surface area contributed by atoms with Crippen molar-refractivity contribution in [3.8, 4) is 5.75 Å². The average molecular weight is 404 g/mol. The van der Waals surface area contributed by atoms with E-state index >= 15 is 0 Å². The van der Waals surface area contributed by atoms with Crippen molar-refractivity contribution in [2.75, 3.05) is 49.6 Å². The molecular formula is C22H24N6O2. The molecule has 8 nitrogen and oxygen atoms in total. The van der Waals surface area contributed by atoms with Crippen molar-refractivity contribution in [2.24, 2.45) is 0 Å². The number of fused-ring (bicyclic) bond motifs is 1. The third kappa shape index (κ3) is 3.15. The Kier molecular flexibility index (Phi) is 4.36. The standard InChI is InChI=1S/C22H24N6O2/c1-26-7-9-27(10-8-26)14-5-6-17-18(12-14)25-22(24-17)20-19(30)13-28(21(20)23)15-3-2-4-16(29)11-15/h2-6,11-12,23,29-30H,7-10,13H2,1H3,(H,24,25). The van der Waals surface area contributed by atoms with Gasteiger partial charge in [-0.05, 0) is 37.4 Å². The monoisotopic (exact) mass is 404 g/mol. The van der Waals surface area contributed by atoms with E-state index in [0.29, 0.717) is 17.1 Å². The van der Waals surface area contributed by atoms with Crippen molar-refractivity contribution in [3.05, 3.63) is 54.0 Å². The number of phenols is 1. The number of aliphatic hydroxyl groups excluding tert-OH is 1. The second-order valence-corrected chi connectivity index (χ2v) is 7.85. The lowest BCUT2D eigenvalue weighted by atomic mass is 10.2. The average Bonchev–Trinajstić information content (AvgIpc) is 3.27. The van der Waals surface area contributed by atoms with Crippen molar-refractivity contribution in [3.63, 3.8) is 0 Å². The number of likely N-dealkylation sites (N-methyl/N-ethyl adjacent to an activating group) is 1. The Bertz CT molecular complexity index is 1160. The highest BCUT2D eigenvalue weighted by Gasteiger charge is 2.31. The molecule has 30 heavy (non-hydrogen) atoms. The van der Waals surface area contributed by atoms with Crippen molar-refractivity contribution in [1.82, 2.24) is 14.9 Å². The number of anilines is 2. The largest absolute Gasteiger partial charge is 0.509 e. The SMILES string of the molecule is CN1CCN(c2ccc3nc(C4=C(O)CN(c5cccc(O)c5)C4=N)[nH]c3c2)CC1. The molecule has 3 aromatic rings. The Labute approximate surface area is 174 Å². The van der Waals surface area contributed by atoms with Crippen LogP contribution in [0.3, 0.4) is 0 Å². The molecule has 0 aliphatic carbocycles. The molecule has 3 heterocycles. The molecule has 0 unspecified atom stereocenters. The first-order valence-corrected chi connectivity index (χ1v) is 10.0. The lowest BCUT2D eigenvalue weighted by molar-refractivity contribution is 0.313. The molecule has 0 saturated carbocycles. The first-order chi connectivity index (χ1) is 14.5. The summed E-state index contributed by atoms with van der Waals surface area (Å²) < 4.78 is 0. The number of piperazine rings is 1. The van der Waals surface area contributed by atoms with E-state index in [1.54, 1.807) is 29.2 Å². The molecule has 0 spiro atoms. The van der Waals surface area contributed by atoms with E-state index < -0.39 is 0 Å². The van der Waals surface area contributed by atoms with Crippen LogP contribution in [0, 0.1) is 5.41 Å². The van der Waals surface area contributed by atoms with Gasteiger partial charge < -0.3 is 29.9 Å². The summed E-state index contributed by atoms with van der Waals surface area (Å²) in [7, 11) is 2.14. The molecule has 8 heteroatoms. The minimum atomic E-state index is 0.0849. The summed E-state index contributed by atoms with van der Waals surface area (Å²) >= 11 is 0. The molecule has 0 amide bonds. The molecule has 0 atom stereocenters. The summed E-state index contributed by atoms with van der Waals surface area (Å²) in [6.45, 7) is 4.21. The summed E-state index contributed by atoms with van der Waals surface area (Å²) in [5.41, 5.74) is 3.86. The maximum absolute atomic E-state index is 10.6. The van der Waals surface area contributed by atoms with Crippen LogP contribution in [0.4, 0.5) is 11.4 Å². The van der Waals surface area contributed by atoms with Crippen LogP contribution in [-0.4, -0.2) is 70.7 Å². The second-order valence-electron chi connectivity index (χ2n) is 7.85. The highest BCUT2D eigenvalue weighted by Crippen LogP contribution is 2.32. The van der Waals surface area contributed by atoms with Crippen LogP contribution in [0.1, 0.15) is 5.82 Å². The molecule has 2 aliphatic heterocycles. The van der Waals surface area contributed by atoms with Gasteiger partial charge in [0.1, 0.15) is 23.2 Å². The molecule has 0 radical (unpaired) electrons. The predicted octanol–water partition coefficient (Wildman–Crippen LogP) is 2.79. The summed E-state index contributed by atoms with van der Waals surface area (Å²) in [4.78, 5) is 14.2. The normalized spacial score (nSPS) is 18.1. The highest BCUT2D eigenvalue weighted by molar-refractivity contribution is 6.30. The molecule has 0 bridgehead atoms. The van der Waals surface area contributed by atoms with Gasteiger partial charge in [-0.1, -0.05) is 6.07 Å². The van der Waals surface area contributed by atoms with Crippen LogP contribution < -0.4 is 9.80 Å². The Morgan fingerprint density at radius 2 is 1.80 bits per heavy atom. The quantitative estimate of drug-likeness (QED) is 0.535. The van der Waals surface area contributed by atoms with Crippen LogP contribution in [0.2, 0.25) is 0 Å². The number of hydrogen-bond acceptors (Lipinski definition) is 6. The van der Waals surface area contributed by atoms with Crippen LogP contribution >= 0.6 is 0 Å². The topological polar surface area (TPSA) is 103 Å². The van der Waals surface area contributed by atoms with E-state index in [2.05, 4.69) is 38.9 Å². The number of rotatable bonds is 3. The maximum Gasteiger partial charge on any atom is 0.145 e. The number of nitrogens with zero attached hydrogens (tertiary/aromatic N) is 4. The highest BCUT2D eigenvalue weighted by atomic mass is 16.3. The number of nitrogens with one attached hydrogen (secondary N) is 2. The number of aromatic amines is 1. The number of benzene rings is 2. The molecule has 5 rings (SSSR count). The minimum Gasteiger partial charge on any atom is -0.509 e. The van der Waals surface area contributed by atoms with Gasteiger partial charge in [0.25, 0.3) is 0 Å². The Morgan fingerprint density at radius 1 is 1.00 bits per heavy atom. The zero-order valence-electron chi connectivity index (χ0n) is 16.8. The van der Waals surface area contributed by atoms with E-state index in [4.69, 9.17) is 5.41 Å². The Balaban J connectivity index is 1.44. The van der Waals surface area contributed by atoms with Gasteiger partial charge in [0.15, 0.2) is 0 Å². The van der Waals surface area contributed by atoms with Crippen LogP contribution in [-0.2, 0) is 0 Å². The van der Waals surface area contributed by atoms with Crippen molar-refractivity contribution < 1.29 is 10.2 Å². The zero-order chi connectivity index (χ0) is 20.8. The summed E-state index contributed by atoms with van der Waals surface area (Å²) in [5, 5.41) is 28.9. The zero-order valence-corrected chi connectivity index (χ0v) is 16.8. The number of aliphatic hydroxyl groups is 1. The molecule has 154 valence electrons.